The van der Waals surface area contributed by atoms with E-state index in [2.05, 4.69) is 43.2 Å². The number of terminal acetylenes is 1. The van der Waals surface area contributed by atoms with Gasteiger partial charge in [0.2, 0.25) is 11.8 Å². The number of hydrogen-bond donors (Lipinski definition) is 3. The number of fused-ring (bicyclic) bond motifs is 6. The highest BCUT2D eigenvalue weighted by molar-refractivity contribution is 6.23. The first-order valence-corrected chi connectivity index (χ1v) is 25.5. The number of carbonyl (C=O) groups is 5. The zero-order valence-corrected chi connectivity index (χ0v) is 40.6. The van der Waals surface area contributed by atoms with Crippen LogP contribution in [0.3, 0.4) is 0 Å². The molecule has 3 aromatic carbocycles. The second-order valence-corrected chi connectivity index (χ2v) is 20.9. The van der Waals surface area contributed by atoms with E-state index in [0.29, 0.717) is 78.9 Å². The van der Waals surface area contributed by atoms with Crippen molar-refractivity contribution in [2.45, 2.75) is 87.5 Å². The Hall–Kier alpha value is -7.56. The highest BCUT2D eigenvalue weighted by atomic mass is 19.1. The van der Waals surface area contributed by atoms with Gasteiger partial charge < -0.3 is 29.9 Å². The third kappa shape index (κ3) is 8.33. The van der Waals surface area contributed by atoms with E-state index in [-0.39, 0.29) is 90.1 Å². The molecule has 7 aliphatic heterocycles. The van der Waals surface area contributed by atoms with Gasteiger partial charge in [0.1, 0.15) is 42.1 Å². The number of nitrogens with one attached hydrogen (secondary N) is 3. The number of rotatable bonds is 12. The number of nitrogens with zero attached hydrogens (tertiary/aromatic N) is 7. The number of hydrogen-bond acceptors (Lipinski definition) is 14. The minimum absolute atomic E-state index is 0.0116. The number of likely N-dealkylation sites (tertiary alicyclic amines) is 1. The lowest BCUT2D eigenvalue weighted by Crippen LogP contribution is -2.54. The summed E-state index contributed by atoms with van der Waals surface area (Å²) in [4.78, 5) is 85.6. The molecule has 2 aromatic heterocycles. The maximum absolute atomic E-state index is 17.2. The quantitative estimate of drug-likeness (QED) is 0.0755. The summed E-state index contributed by atoms with van der Waals surface area (Å²) in [5, 5.41) is 10.7. The zero-order chi connectivity index (χ0) is 51.0. The molecule has 0 spiro atoms. The van der Waals surface area contributed by atoms with Crippen LogP contribution in [-0.4, -0.2) is 142 Å². The predicted octanol–water partition coefficient (Wildman–Crippen LogP) is 5.95. The molecular weight excluding hydrogens is 951 g/mol. The van der Waals surface area contributed by atoms with Gasteiger partial charge in [0.05, 0.1) is 27.6 Å². The molecule has 0 radical (unpaired) electrons. The Morgan fingerprint density at radius 3 is 2.59 bits per heavy atom. The fourth-order valence-electron chi connectivity index (χ4n) is 12.6. The molecule has 2 bridgehead atoms. The number of piperazine rings is 1. The Balaban J connectivity index is 0.694. The van der Waals surface area contributed by atoms with Gasteiger partial charge in [0.15, 0.2) is 5.82 Å². The van der Waals surface area contributed by atoms with Crippen LogP contribution in [0.2, 0.25) is 0 Å². The van der Waals surface area contributed by atoms with E-state index in [9.17, 15) is 24.0 Å². The molecule has 9 heterocycles. The third-order valence-electron chi connectivity index (χ3n) is 16.3. The standard InChI is InChI=1S/C55H54F2N10O7/c1-3-37-42(56)12-7-32-5-4-6-39(45(32)37)47-46(57)48-41(23-59-47)49(65-26-34-8-9-35(27-65)60-34)63-53(62-48)74-29-55-18-15-36(66(55)24-30(2)22-55)28-73-54(72)64-20-17-31(25-64)16-19-58-33-10-11-38-40(21-33)52(71)67(51(38)70)43-13-14-44(68)61-50(43)69/h1,4-7,10-12,21,23,31,34-36,43,58,60H,2,8-9,13-20,22,24-29H2,(H,61,68,69)/t31?,34?,35?,36-,43?,55-/m0/s1. The van der Waals surface area contributed by atoms with Crippen molar-refractivity contribution in [2.75, 3.05) is 62.7 Å². The Labute approximate surface area is 425 Å². The number of pyridine rings is 1. The van der Waals surface area contributed by atoms with Gasteiger partial charge in [-0.2, -0.15) is 9.97 Å². The summed E-state index contributed by atoms with van der Waals surface area (Å²) in [6, 6.07) is 12.5. The molecule has 5 amide bonds. The third-order valence-corrected chi connectivity index (χ3v) is 16.3. The monoisotopic (exact) mass is 1000 g/mol. The second-order valence-electron chi connectivity index (χ2n) is 20.9. The van der Waals surface area contributed by atoms with E-state index in [0.717, 1.165) is 49.0 Å². The van der Waals surface area contributed by atoms with Crippen molar-refractivity contribution in [1.82, 2.24) is 40.3 Å². The number of piperidine rings is 1. The van der Waals surface area contributed by atoms with Crippen LogP contribution in [0.1, 0.15) is 84.1 Å². The van der Waals surface area contributed by atoms with Gasteiger partial charge in [-0.25, -0.2) is 13.6 Å². The van der Waals surface area contributed by atoms with Crippen LogP contribution in [0.5, 0.6) is 6.01 Å². The van der Waals surface area contributed by atoms with Gasteiger partial charge in [0.25, 0.3) is 11.8 Å². The smallest absolute Gasteiger partial charge is 0.409 e. The summed E-state index contributed by atoms with van der Waals surface area (Å²) in [6.07, 6.45) is 12.9. The van der Waals surface area contributed by atoms with Crippen LogP contribution in [0.25, 0.3) is 32.9 Å². The number of carbonyl (C=O) groups excluding carboxylic acids is 5. The fourth-order valence-corrected chi connectivity index (χ4v) is 12.6. The van der Waals surface area contributed by atoms with Gasteiger partial charge >= 0.3 is 12.1 Å². The van der Waals surface area contributed by atoms with Crippen molar-refractivity contribution in [3.05, 3.63) is 95.2 Å². The largest absolute Gasteiger partial charge is 0.461 e. The molecule has 74 heavy (non-hydrogen) atoms. The lowest BCUT2D eigenvalue weighted by Gasteiger charge is -2.35. The average Bonchev–Trinajstić information content (AvgIpc) is 4.21. The van der Waals surface area contributed by atoms with E-state index < -0.39 is 46.8 Å². The van der Waals surface area contributed by atoms with E-state index in [1.54, 1.807) is 53.6 Å². The van der Waals surface area contributed by atoms with Crippen molar-refractivity contribution in [1.29, 1.82) is 0 Å². The summed E-state index contributed by atoms with van der Waals surface area (Å²) >= 11 is 0. The fraction of sp³-hybridized carbons (Fsp3) is 0.418. The minimum Gasteiger partial charge on any atom is -0.461 e. The number of imide groups is 2. The molecule has 7 aliphatic rings. The molecule has 0 saturated carbocycles. The van der Waals surface area contributed by atoms with Crippen molar-refractivity contribution in [2.24, 2.45) is 5.92 Å². The number of anilines is 2. The Kier molecular flexibility index (Phi) is 12.0. The topological polar surface area (TPSA) is 192 Å². The van der Waals surface area contributed by atoms with Crippen molar-refractivity contribution in [3.63, 3.8) is 0 Å². The Morgan fingerprint density at radius 1 is 0.959 bits per heavy atom. The van der Waals surface area contributed by atoms with Crippen molar-refractivity contribution < 1.29 is 42.2 Å². The van der Waals surface area contributed by atoms with E-state index >= 15 is 8.78 Å². The minimum atomic E-state index is -1.03. The van der Waals surface area contributed by atoms with Gasteiger partial charge in [-0.05, 0) is 86.9 Å². The number of aromatic nitrogens is 3. The average molecular weight is 1010 g/mol. The number of amides is 5. The van der Waals surface area contributed by atoms with Crippen molar-refractivity contribution >= 4 is 62.9 Å². The van der Waals surface area contributed by atoms with E-state index in [4.69, 9.17) is 25.9 Å². The first-order chi connectivity index (χ1) is 35.8. The van der Waals surface area contributed by atoms with Crippen LogP contribution < -0.4 is 25.6 Å². The Morgan fingerprint density at radius 2 is 1.78 bits per heavy atom. The number of ether oxygens (including phenoxy) is 2. The molecule has 19 heteroatoms. The number of halogens is 2. The molecule has 3 N–H and O–H groups in total. The summed E-state index contributed by atoms with van der Waals surface area (Å²) < 4.78 is 44.9. The molecule has 12 rings (SSSR count). The molecule has 380 valence electrons. The van der Waals surface area contributed by atoms with Crippen LogP contribution in [0.15, 0.2) is 66.9 Å². The molecule has 17 nitrogen and oxygen atoms in total. The zero-order valence-electron chi connectivity index (χ0n) is 40.6. The second kappa shape index (κ2) is 18.7. The summed E-state index contributed by atoms with van der Waals surface area (Å²) in [6.45, 7) is 8.36. The van der Waals surface area contributed by atoms with Gasteiger partial charge in [-0.15, -0.1) is 6.42 Å². The predicted molar refractivity (Wildman–Crippen MR) is 269 cm³/mol. The van der Waals surface area contributed by atoms with Crippen LogP contribution in [0.4, 0.5) is 25.1 Å². The lowest BCUT2D eigenvalue weighted by molar-refractivity contribution is -0.136. The van der Waals surface area contributed by atoms with E-state index in [1.165, 1.54) is 6.07 Å². The van der Waals surface area contributed by atoms with Gasteiger partial charge in [0, 0.05) is 86.6 Å². The summed E-state index contributed by atoms with van der Waals surface area (Å²) in [5.74, 6) is -0.267. The molecule has 0 aliphatic carbocycles. The normalized spacial score (nSPS) is 25.5. The Bertz CT molecular complexity index is 3260. The highest BCUT2D eigenvalue weighted by Crippen LogP contribution is 2.45. The molecular formula is C55H54F2N10O7. The van der Waals surface area contributed by atoms with Crippen molar-refractivity contribution in [3.8, 4) is 29.6 Å². The number of benzene rings is 3. The maximum Gasteiger partial charge on any atom is 0.409 e. The SMILES string of the molecule is C#Cc1c(F)ccc2cccc(-c3ncc4c(N5CC6CCC(C5)N6)nc(OC[C@@]56CC[C@@H](COC(=O)N7CCC(CCNc8ccc9c(c8)C(=O)N(C8CCC(=O)NC8=O)C9=O)C7)N5CC(=C)C6)nc4c3F)c12. The van der Waals surface area contributed by atoms with Crippen LogP contribution in [-0.2, 0) is 14.3 Å². The molecule has 4 unspecified atom stereocenters. The maximum atomic E-state index is 17.2. The molecule has 6 fully saturated rings. The molecule has 6 atom stereocenters. The van der Waals surface area contributed by atoms with Crippen LogP contribution >= 0.6 is 0 Å². The highest BCUT2D eigenvalue weighted by Gasteiger charge is 2.52. The van der Waals surface area contributed by atoms with Crippen LogP contribution in [0, 0.1) is 29.9 Å². The first kappa shape index (κ1) is 47.4. The summed E-state index contributed by atoms with van der Waals surface area (Å²) in [7, 11) is 0. The molecule has 6 saturated heterocycles. The summed E-state index contributed by atoms with van der Waals surface area (Å²) in [5.41, 5.74) is 2.04. The lowest BCUT2D eigenvalue weighted by atomic mass is 9.94. The first-order valence-electron chi connectivity index (χ1n) is 25.5. The van der Waals surface area contributed by atoms with Gasteiger partial charge in [-0.1, -0.05) is 42.3 Å². The molecule has 5 aromatic rings. The van der Waals surface area contributed by atoms with E-state index in [1.807, 2.05) is 0 Å². The van der Waals surface area contributed by atoms with Gasteiger partial charge in [-0.3, -0.25) is 39.3 Å².